The van der Waals surface area contributed by atoms with E-state index in [2.05, 4.69) is 25.6 Å². The highest BCUT2D eigenvalue weighted by Gasteiger charge is 2.09. The van der Waals surface area contributed by atoms with Gasteiger partial charge in [-0.1, -0.05) is 0 Å². The summed E-state index contributed by atoms with van der Waals surface area (Å²) < 4.78 is 34.4. The number of carbonyl (C=O) groups excluding carboxylic acids is 1. The number of halogens is 2. The SMILES string of the molecule is Cc1nc(Oc2ccc(NC(=O)Nc3cc(F)ccc3F)cc2)cc(-n2ccnc2)n1. The number of imidazole rings is 1. The molecule has 2 N–H and O–H groups in total. The smallest absolute Gasteiger partial charge is 0.323 e. The van der Waals surface area contributed by atoms with Crippen LogP contribution >= 0.6 is 0 Å². The Morgan fingerprint density at radius 3 is 2.58 bits per heavy atom. The van der Waals surface area contributed by atoms with E-state index in [-0.39, 0.29) is 5.69 Å². The molecule has 2 heterocycles. The zero-order chi connectivity index (χ0) is 21.8. The molecule has 0 aliphatic carbocycles. The highest BCUT2D eigenvalue weighted by atomic mass is 19.1. The molecule has 0 bridgehead atoms. The highest BCUT2D eigenvalue weighted by molar-refractivity contribution is 5.99. The molecule has 2 aromatic carbocycles. The summed E-state index contributed by atoms with van der Waals surface area (Å²) in [6.45, 7) is 1.75. The van der Waals surface area contributed by atoms with Gasteiger partial charge in [0.05, 0.1) is 5.69 Å². The molecular formula is C21H16F2N6O2. The molecule has 0 fully saturated rings. The minimum atomic E-state index is -0.740. The van der Waals surface area contributed by atoms with Crippen LogP contribution in [0, 0.1) is 18.6 Å². The van der Waals surface area contributed by atoms with Crippen molar-refractivity contribution in [3.8, 4) is 17.4 Å². The number of nitrogens with one attached hydrogen (secondary N) is 2. The first kappa shape index (κ1) is 20.0. The van der Waals surface area contributed by atoms with Crippen molar-refractivity contribution in [2.24, 2.45) is 0 Å². The molecule has 4 aromatic rings. The summed E-state index contributed by atoms with van der Waals surface area (Å²) in [5.74, 6) is 0.568. The lowest BCUT2D eigenvalue weighted by atomic mass is 10.3. The second-order valence-electron chi connectivity index (χ2n) is 6.41. The molecule has 31 heavy (non-hydrogen) atoms. The maximum atomic E-state index is 13.6. The minimum absolute atomic E-state index is 0.259. The van der Waals surface area contributed by atoms with Crippen LogP contribution in [-0.2, 0) is 0 Å². The number of carbonyl (C=O) groups is 1. The molecule has 0 aliphatic rings. The monoisotopic (exact) mass is 422 g/mol. The van der Waals surface area contributed by atoms with Crippen molar-refractivity contribution in [3.63, 3.8) is 0 Å². The van der Waals surface area contributed by atoms with Gasteiger partial charge in [0, 0.05) is 30.2 Å². The summed E-state index contributed by atoms with van der Waals surface area (Å²) in [6.07, 6.45) is 5.02. The van der Waals surface area contributed by atoms with Crippen molar-refractivity contribution < 1.29 is 18.3 Å². The standard InChI is InChI=1S/C21H16F2N6O2/c1-13-25-19(29-9-8-24-12-29)11-20(26-13)31-16-5-3-15(4-6-16)27-21(30)28-18-10-14(22)2-7-17(18)23/h2-12H,1H3,(H2,27,28,30). The van der Waals surface area contributed by atoms with E-state index in [1.54, 1.807) is 60.5 Å². The molecule has 2 amide bonds. The summed E-state index contributed by atoms with van der Waals surface area (Å²) in [5, 5.41) is 4.79. The first-order valence-electron chi connectivity index (χ1n) is 9.11. The van der Waals surface area contributed by atoms with E-state index in [0.29, 0.717) is 29.0 Å². The van der Waals surface area contributed by atoms with Crippen molar-refractivity contribution in [2.45, 2.75) is 6.92 Å². The molecule has 0 saturated heterocycles. The van der Waals surface area contributed by atoms with Crippen LogP contribution in [0.25, 0.3) is 5.82 Å². The average molecular weight is 422 g/mol. The van der Waals surface area contributed by atoms with Crippen LogP contribution in [0.2, 0.25) is 0 Å². The van der Waals surface area contributed by atoms with Gasteiger partial charge in [-0.2, -0.15) is 4.98 Å². The molecular weight excluding hydrogens is 406 g/mol. The third-order valence-electron chi connectivity index (χ3n) is 4.08. The quantitative estimate of drug-likeness (QED) is 0.487. The zero-order valence-electron chi connectivity index (χ0n) is 16.2. The van der Waals surface area contributed by atoms with Crippen LogP contribution in [-0.4, -0.2) is 25.6 Å². The van der Waals surface area contributed by atoms with E-state index >= 15 is 0 Å². The normalized spacial score (nSPS) is 10.5. The Hall–Kier alpha value is -4.34. The van der Waals surface area contributed by atoms with Gasteiger partial charge in [0.15, 0.2) is 0 Å². The lowest BCUT2D eigenvalue weighted by Crippen LogP contribution is -2.20. The Morgan fingerprint density at radius 1 is 1.03 bits per heavy atom. The number of aryl methyl sites for hydroxylation is 1. The average Bonchev–Trinajstić information content (AvgIpc) is 3.27. The van der Waals surface area contributed by atoms with Gasteiger partial charge < -0.3 is 15.4 Å². The number of anilines is 2. The molecule has 0 unspecified atom stereocenters. The first-order valence-corrected chi connectivity index (χ1v) is 9.11. The van der Waals surface area contributed by atoms with Crippen LogP contribution in [0.4, 0.5) is 25.0 Å². The van der Waals surface area contributed by atoms with Crippen LogP contribution in [0.15, 0.2) is 67.3 Å². The van der Waals surface area contributed by atoms with Gasteiger partial charge in [0.2, 0.25) is 5.88 Å². The van der Waals surface area contributed by atoms with Gasteiger partial charge in [-0.15, -0.1) is 0 Å². The van der Waals surface area contributed by atoms with E-state index in [9.17, 15) is 13.6 Å². The molecule has 4 rings (SSSR count). The van der Waals surface area contributed by atoms with Gasteiger partial charge >= 0.3 is 6.03 Å². The van der Waals surface area contributed by atoms with E-state index in [4.69, 9.17) is 4.74 Å². The second kappa shape index (κ2) is 8.57. The van der Waals surface area contributed by atoms with Crippen LogP contribution < -0.4 is 15.4 Å². The Kier molecular flexibility index (Phi) is 5.52. The fourth-order valence-corrected chi connectivity index (χ4v) is 2.71. The van der Waals surface area contributed by atoms with Crippen molar-refractivity contribution >= 4 is 17.4 Å². The summed E-state index contributed by atoms with van der Waals surface area (Å²) in [4.78, 5) is 24.6. The molecule has 2 aromatic heterocycles. The third kappa shape index (κ3) is 4.99. The minimum Gasteiger partial charge on any atom is -0.439 e. The summed E-state index contributed by atoms with van der Waals surface area (Å²) in [5.41, 5.74) is 0.171. The molecule has 8 nitrogen and oxygen atoms in total. The molecule has 0 atom stereocenters. The number of aromatic nitrogens is 4. The maximum absolute atomic E-state index is 13.6. The predicted molar refractivity (Wildman–Crippen MR) is 109 cm³/mol. The van der Waals surface area contributed by atoms with Crippen molar-refractivity contribution in [2.75, 3.05) is 10.6 Å². The lowest BCUT2D eigenvalue weighted by Gasteiger charge is -2.10. The number of hydrogen-bond donors (Lipinski definition) is 2. The van der Waals surface area contributed by atoms with Crippen molar-refractivity contribution in [3.05, 3.63) is 84.7 Å². The fraction of sp³-hybridized carbons (Fsp3) is 0.0476. The van der Waals surface area contributed by atoms with Crippen LogP contribution in [0.1, 0.15) is 5.82 Å². The van der Waals surface area contributed by atoms with Gasteiger partial charge in [-0.3, -0.25) is 4.57 Å². The number of nitrogens with zero attached hydrogens (tertiary/aromatic N) is 4. The third-order valence-corrected chi connectivity index (χ3v) is 4.08. The van der Waals surface area contributed by atoms with Gasteiger partial charge in [-0.05, 0) is 43.3 Å². The molecule has 0 radical (unpaired) electrons. The number of hydrogen-bond acceptors (Lipinski definition) is 5. The molecule has 0 aliphatic heterocycles. The second-order valence-corrected chi connectivity index (χ2v) is 6.41. The van der Waals surface area contributed by atoms with Crippen molar-refractivity contribution in [1.82, 2.24) is 19.5 Å². The highest BCUT2D eigenvalue weighted by Crippen LogP contribution is 2.23. The predicted octanol–water partition coefficient (Wildman–Crippen LogP) is 4.69. The van der Waals surface area contributed by atoms with Gasteiger partial charge in [0.25, 0.3) is 0 Å². The summed E-state index contributed by atoms with van der Waals surface area (Å²) in [7, 11) is 0. The number of ether oxygens (including phenoxy) is 1. The fourth-order valence-electron chi connectivity index (χ4n) is 2.71. The number of urea groups is 1. The molecule has 0 saturated carbocycles. The molecule has 156 valence electrons. The maximum Gasteiger partial charge on any atom is 0.323 e. The number of rotatable bonds is 5. The summed E-state index contributed by atoms with van der Waals surface area (Å²) >= 11 is 0. The van der Waals surface area contributed by atoms with E-state index < -0.39 is 17.7 Å². The topological polar surface area (TPSA) is 94.0 Å². The first-order chi connectivity index (χ1) is 15.0. The Bertz CT molecular complexity index is 1210. The Labute approximate surface area is 175 Å². The summed E-state index contributed by atoms with van der Waals surface area (Å²) in [6, 6.07) is 10.2. The lowest BCUT2D eigenvalue weighted by molar-refractivity contribution is 0.262. The van der Waals surface area contributed by atoms with E-state index in [0.717, 1.165) is 18.2 Å². The van der Waals surface area contributed by atoms with Gasteiger partial charge in [-0.25, -0.2) is 23.5 Å². The molecule has 0 spiro atoms. The zero-order valence-corrected chi connectivity index (χ0v) is 16.2. The number of amides is 2. The largest absolute Gasteiger partial charge is 0.439 e. The van der Waals surface area contributed by atoms with Crippen LogP contribution in [0.3, 0.4) is 0 Å². The van der Waals surface area contributed by atoms with Crippen molar-refractivity contribution in [1.29, 1.82) is 0 Å². The Balaban J connectivity index is 1.42. The Morgan fingerprint density at radius 2 is 1.84 bits per heavy atom. The van der Waals surface area contributed by atoms with Crippen LogP contribution in [0.5, 0.6) is 11.6 Å². The van der Waals surface area contributed by atoms with E-state index in [1.165, 1.54) is 0 Å². The molecule has 10 heteroatoms. The number of benzene rings is 2. The van der Waals surface area contributed by atoms with E-state index in [1.807, 2.05) is 0 Å². The van der Waals surface area contributed by atoms with Gasteiger partial charge in [0.1, 0.15) is 35.4 Å².